The molecule has 4 rings (SSSR count). The zero-order valence-electron chi connectivity index (χ0n) is 12.3. The van der Waals surface area contributed by atoms with E-state index in [0.717, 1.165) is 37.2 Å². The van der Waals surface area contributed by atoms with E-state index in [1.807, 2.05) is 6.07 Å². The van der Waals surface area contributed by atoms with Crippen molar-refractivity contribution < 1.29 is 0 Å². The number of hydrogen-bond donors (Lipinski definition) is 2. The summed E-state index contributed by atoms with van der Waals surface area (Å²) < 4.78 is 0. The molecule has 1 heterocycles. The van der Waals surface area contributed by atoms with Crippen molar-refractivity contribution in [1.29, 1.82) is 5.26 Å². The number of aryl methyl sites for hydroxylation is 1. The van der Waals surface area contributed by atoms with E-state index >= 15 is 0 Å². The first kappa shape index (κ1) is 13.1. The molecule has 1 aromatic heterocycles. The molecule has 0 saturated heterocycles. The summed E-state index contributed by atoms with van der Waals surface area (Å²) in [6, 6.07) is 10.7. The summed E-state index contributed by atoms with van der Waals surface area (Å²) >= 11 is 0. The van der Waals surface area contributed by atoms with Crippen molar-refractivity contribution in [3.8, 4) is 6.07 Å². The summed E-state index contributed by atoms with van der Waals surface area (Å²) in [5.41, 5.74) is 4.68. The van der Waals surface area contributed by atoms with Crippen molar-refractivity contribution in [2.24, 2.45) is 0 Å². The highest BCUT2D eigenvalue weighted by Crippen LogP contribution is 2.35. The third-order valence-corrected chi connectivity index (χ3v) is 4.66. The molecule has 2 aromatic rings. The highest BCUT2D eigenvalue weighted by Gasteiger charge is 2.22. The third kappa shape index (κ3) is 2.29. The largest absolute Gasteiger partial charge is 0.339 e. The fourth-order valence-corrected chi connectivity index (χ4v) is 3.46. The maximum absolute atomic E-state index is 9.14. The Kier molecular flexibility index (Phi) is 3.19. The van der Waals surface area contributed by atoms with E-state index in [4.69, 9.17) is 5.26 Å². The molecule has 22 heavy (non-hydrogen) atoms. The molecule has 4 nitrogen and oxygen atoms in total. The van der Waals surface area contributed by atoms with Crippen LogP contribution in [0.3, 0.4) is 0 Å². The van der Waals surface area contributed by atoms with Crippen LogP contribution in [0.15, 0.2) is 36.4 Å². The molecule has 4 heteroatoms. The quantitative estimate of drug-likeness (QED) is 0.835. The summed E-state index contributed by atoms with van der Waals surface area (Å²) in [7, 11) is 0. The zero-order valence-corrected chi connectivity index (χ0v) is 12.3. The van der Waals surface area contributed by atoms with Gasteiger partial charge in [-0.1, -0.05) is 18.2 Å². The van der Waals surface area contributed by atoms with Crippen molar-refractivity contribution in [2.75, 3.05) is 5.32 Å². The van der Waals surface area contributed by atoms with Crippen molar-refractivity contribution in [3.63, 3.8) is 0 Å². The lowest BCUT2D eigenvalue weighted by Crippen LogP contribution is -1.93. The van der Waals surface area contributed by atoms with Gasteiger partial charge in [-0.25, -0.2) is 0 Å². The van der Waals surface area contributed by atoms with Crippen LogP contribution < -0.4 is 5.32 Å². The van der Waals surface area contributed by atoms with Crippen molar-refractivity contribution >= 4 is 11.5 Å². The number of allylic oxidation sites excluding steroid dienone is 2. The fourth-order valence-electron chi connectivity index (χ4n) is 3.46. The van der Waals surface area contributed by atoms with Gasteiger partial charge < -0.3 is 5.32 Å². The van der Waals surface area contributed by atoms with Crippen LogP contribution in [0.2, 0.25) is 0 Å². The molecule has 0 bridgehead atoms. The summed E-state index contributed by atoms with van der Waals surface area (Å²) in [6.45, 7) is 0. The second kappa shape index (κ2) is 5.34. The maximum atomic E-state index is 9.14. The normalized spacial score (nSPS) is 22.5. The van der Waals surface area contributed by atoms with Gasteiger partial charge in [0.1, 0.15) is 0 Å². The Morgan fingerprint density at radius 1 is 1.27 bits per heavy atom. The standard InChI is InChI=1S/C18H18N4/c19-11-14-6-5-13-9-15(7-8-16(13)14)20-18-10-17(21-22-18)12-3-1-2-4-12/h1,3,7-10,12,14H,2,4-6H2,(H2,20,21,22)/t12-,14+/m1/s1. The van der Waals surface area contributed by atoms with Gasteiger partial charge in [0.05, 0.1) is 12.0 Å². The molecule has 0 aliphatic heterocycles. The van der Waals surface area contributed by atoms with Gasteiger partial charge >= 0.3 is 0 Å². The number of anilines is 2. The first-order valence-electron chi connectivity index (χ1n) is 7.85. The van der Waals surface area contributed by atoms with Gasteiger partial charge in [0.15, 0.2) is 5.82 Å². The van der Waals surface area contributed by atoms with Gasteiger partial charge in [0, 0.05) is 23.4 Å². The third-order valence-electron chi connectivity index (χ3n) is 4.66. The van der Waals surface area contributed by atoms with Crippen molar-refractivity contribution in [1.82, 2.24) is 10.2 Å². The monoisotopic (exact) mass is 290 g/mol. The second-order valence-corrected chi connectivity index (χ2v) is 6.08. The van der Waals surface area contributed by atoms with Crippen LogP contribution in [-0.4, -0.2) is 10.2 Å². The molecule has 2 atom stereocenters. The molecule has 2 aliphatic rings. The van der Waals surface area contributed by atoms with Crippen molar-refractivity contribution in [2.45, 2.75) is 37.5 Å². The van der Waals surface area contributed by atoms with Crippen LogP contribution in [0.25, 0.3) is 0 Å². The van der Waals surface area contributed by atoms with Crippen LogP contribution in [0.4, 0.5) is 11.5 Å². The number of nitrogens with one attached hydrogen (secondary N) is 2. The predicted octanol–water partition coefficient (Wildman–Crippen LogP) is 4.14. The fraction of sp³-hybridized carbons (Fsp3) is 0.333. The predicted molar refractivity (Wildman–Crippen MR) is 86.1 cm³/mol. The van der Waals surface area contributed by atoms with Gasteiger partial charge in [-0.2, -0.15) is 10.4 Å². The maximum Gasteiger partial charge on any atom is 0.152 e. The molecule has 1 aromatic carbocycles. The molecule has 0 amide bonds. The number of hydrogen-bond acceptors (Lipinski definition) is 3. The number of nitriles is 1. The Labute approximate surface area is 129 Å². The van der Waals surface area contributed by atoms with Crippen LogP contribution in [0.1, 0.15) is 47.9 Å². The summed E-state index contributed by atoms with van der Waals surface area (Å²) in [4.78, 5) is 0. The Morgan fingerprint density at radius 2 is 2.23 bits per heavy atom. The number of aromatic nitrogens is 2. The van der Waals surface area contributed by atoms with E-state index in [-0.39, 0.29) is 5.92 Å². The number of fused-ring (bicyclic) bond motifs is 1. The van der Waals surface area contributed by atoms with E-state index in [1.54, 1.807) is 0 Å². The number of aromatic amines is 1. The van der Waals surface area contributed by atoms with Gasteiger partial charge in [0.25, 0.3) is 0 Å². The number of benzene rings is 1. The molecule has 0 radical (unpaired) electrons. The highest BCUT2D eigenvalue weighted by atomic mass is 15.2. The summed E-state index contributed by atoms with van der Waals surface area (Å²) in [6.07, 6.45) is 8.71. The lowest BCUT2D eigenvalue weighted by Gasteiger charge is -2.07. The summed E-state index contributed by atoms with van der Waals surface area (Å²) in [5.74, 6) is 1.39. The minimum absolute atomic E-state index is 0.0650. The zero-order chi connectivity index (χ0) is 14.9. The highest BCUT2D eigenvalue weighted by molar-refractivity contribution is 5.60. The Balaban J connectivity index is 1.52. The Morgan fingerprint density at radius 3 is 3.05 bits per heavy atom. The van der Waals surface area contributed by atoms with E-state index in [1.165, 1.54) is 16.8 Å². The molecule has 2 aliphatic carbocycles. The van der Waals surface area contributed by atoms with E-state index in [9.17, 15) is 0 Å². The molecule has 0 spiro atoms. The number of nitrogens with zero attached hydrogens (tertiary/aromatic N) is 2. The van der Waals surface area contributed by atoms with E-state index in [2.05, 4.69) is 51.9 Å². The molecule has 2 N–H and O–H groups in total. The first-order chi connectivity index (χ1) is 10.8. The molecule has 0 fully saturated rings. The van der Waals surface area contributed by atoms with Crippen LogP contribution >= 0.6 is 0 Å². The molecule has 0 saturated carbocycles. The number of rotatable bonds is 3. The average Bonchev–Trinajstić information content (AvgIpc) is 3.27. The molecular weight excluding hydrogens is 272 g/mol. The minimum atomic E-state index is 0.0650. The van der Waals surface area contributed by atoms with Crippen LogP contribution in [0.5, 0.6) is 0 Å². The SMILES string of the molecule is N#C[C@@H]1CCc2cc(Nc3cc([C@@H]4C=CCC4)[nH]n3)ccc21. The Bertz CT molecular complexity index is 766. The van der Waals surface area contributed by atoms with E-state index < -0.39 is 0 Å². The van der Waals surface area contributed by atoms with E-state index in [0.29, 0.717) is 5.92 Å². The minimum Gasteiger partial charge on any atom is -0.339 e. The van der Waals surface area contributed by atoms with Crippen LogP contribution in [-0.2, 0) is 6.42 Å². The topological polar surface area (TPSA) is 64.5 Å². The van der Waals surface area contributed by atoms with Gasteiger partial charge in [-0.05, 0) is 48.9 Å². The van der Waals surface area contributed by atoms with Crippen LogP contribution in [0, 0.1) is 11.3 Å². The van der Waals surface area contributed by atoms with Gasteiger partial charge in [0.2, 0.25) is 0 Å². The summed E-state index contributed by atoms with van der Waals surface area (Å²) in [5, 5.41) is 20.0. The molecule has 0 unspecified atom stereocenters. The number of H-pyrrole nitrogens is 1. The van der Waals surface area contributed by atoms with Gasteiger partial charge in [-0.3, -0.25) is 5.10 Å². The first-order valence-corrected chi connectivity index (χ1v) is 7.85. The molecule has 110 valence electrons. The smallest absolute Gasteiger partial charge is 0.152 e. The average molecular weight is 290 g/mol. The molecular formula is C18H18N4. The second-order valence-electron chi connectivity index (χ2n) is 6.08. The Hall–Kier alpha value is -2.54. The lowest BCUT2D eigenvalue weighted by atomic mass is 10.0. The van der Waals surface area contributed by atoms with Gasteiger partial charge in [-0.15, -0.1) is 0 Å². The lowest BCUT2D eigenvalue weighted by molar-refractivity contribution is 0.766. The van der Waals surface area contributed by atoms with Crippen molar-refractivity contribution in [3.05, 3.63) is 53.2 Å².